The van der Waals surface area contributed by atoms with Gasteiger partial charge in [0.25, 0.3) is 0 Å². The monoisotopic (exact) mass is 221 g/mol. The highest BCUT2D eigenvalue weighted by Crippen LogP contribution is 2.18. The Kier molecular flexibility index (Phi) is 3.72. The Labute approximate surface area is 96.4 Å². The van der Waals surface area contributed by atoms with Crippen LogP contribution in [-0.2, 0) is 11.2 Å². The van der Waals surface area contributed by atoms with E-state index in [0.29, 0.717) is 12.1 Å². The molecule has 2 heterocycles. The van der Waals surface area contributed by atoms with Crippen LogP contribution in [0.4, 0.5) is 5.82 Å². The zero-order chi connectivity index (χ0) is 11.4. The molecular weight excluding hydrogens is 202 g/mol. The van der Waals surface area contributed by atoms with E-state index >= 15 is 0 Å². The van der Waals surface area contributed by atoms with Crippen molar-refractivity contribution in [1.82, 2.24) is 9.97 Å². The molecule has 1 aliphatic rings. The van der Waals surface area contributed by atoms with Crippen molar-refractivity contribution in [2.45, 2.75) is 45.3 Å². The second kappa shape index (κ2) is 5.25. The van der Waals surface area contributed by atoms with Gasteiger partial charge in [0.05, 0.1) is 12.1 Å². The molecule has 4 heteroatoms. The number of ether oxygens (including phenoxy) is 1. The molecular formula is C12H19N3O. The highest BCUT2D eigenvalue weighted by molar-refractivity contribution is 5.36. The first-order valence-electron chi connectivity index (χ1n) is 5.98. The third-order valence-corrected chi connectivity index (χ3v) is 2.98. The molecule has 0 spiro atoms. The lowest BCUT2D eigenvalue weighted by molar-refractivity contribution is 0.0995. The summed E-state index contributed by atoms with van der Waals surface area (Å²) in [6.07, 6.45) is 5.18. The van der Waals surface area contributed by atoms with E-state index in [-0.39, 0.29) is 0 Å². The van der Waals surface area contributed by atoms with Crippen molar-refractivity contribution in [3.05, 3.63) is 18.1 Å². The molecule has 2 atom stereocenters. The Morgan fingerprint density at radius 1 is 1.56 bits per heavy atom. The lowest BCUT2D eigenvalue weighted by atomic mass is 10.1. The topological polar surface area (TPSA) is 47.0 Å². The number of aryl methyl sites for hydroxylation is 1. The highest BCUT2D eigenvalue weighted by Gasteiger charge is 2.22. The number of hydrogen-bond acceptors (Lipinski definition) is 4. The molecule has 0 aromatic carbocycles. The minimum atomic E-state index is 0.308. The second-order valence-corrected chi connectivity index (χ2v) is 4.23. The summed E-state index contributed by atoms with van der Waals surface area (Å²) in [6.45, 7) is 5.13. The van der Waals surface area contributed by atoms with Crippen LogP contribution < -0.4 is 5.32 Å². The third-order valence-electron chi connectivity index (χ3n) is 2.98. The largest absolute Gasteiger partial charge is 0.376 e. The number of nitrogens with zero attached hydrogens (tertiary/aromatic N) is 2. The summed E-state index contributed by atoms with van der Waals surface area (Å²) >= 11 is 0. The lowest BCUT2D eigenvalue weighted by Crippen LogP contribution is -2.30. The van der Waals surface area contributed by atoms with Gasteiger partial charge in [-0.15, -0.1) is 0 Å². The summed E-state index contributed by atoms with van der Waals surface area (Å²) in [5, 5.41) is 3.38. The van der Waals surface area contributed by atoms with Crippen LogP contribution in [0.5, 0.6) is 0 Å². The predicted molar refractivity (Wildman–Crippen MR) is 63.5 cm³/mol. The van der Waals surface area contributed by atoms with Gasteiger partial charge in [0.1, 0.15) is 12.1 Å². The average molecular weight is 221 g/mol. The van der Waals surface area contributed by atoms with Crippen LogP contribution in [-0.4, -0.2) is 28.7 Å². The van der Waals surface area contributed by atoms with E-state index in [9.17, 15) is 0 Å². The van der Waals surface area contributed by atoms with Crippen molar-refractivity contribution < 1.29 is 4.74 Å². The van der Waals surface area contributed by atoms with Crippen molar-refractivity contribution in [3.63, 3.8) is 0 Å². The van der Waals surface area contributed by atoms with Crippen LogP contribution in [0, 0.1) is 0 Å². The van der Waals surface area contributed by atoms with Crippen LogP contribution in [0.25, 0.3) is 0 Å². The fourth-order valence-electron chi connectivity index (χ4n) is 1.99. The molecule has 2 rings (SSSR count). The Bertz CT molecular complexity index is 337. The van der Waals surface area contributed by atoms with Gasteiger partial charge in [-0.1, -0.05) is 6.92 Å². The van der Waals surface area contributed by atoms with E-state index in [4.69, 9.17) is 4.74 Å². The van der Waals surface area contributed by atoms with Gasteiger partial charge in [0.15, 0.2) is 0 Å². The molecule has 0 radical (unpaired) electrons. The number of hydrogen-bond donors (Lipinski definition) is 1. The maximum atomic E-state index is 5.64. The van der Waals surface area contributed by atoms with Crippen molar-refractivity contribution in [2.24, 2.45) is 0 Å². The van der Waals surface area contributed by atoms with Gasteiger partial charge in [-0.3, -0.25) is 0 Å². The van der Waals surface area contributed by atoms with E-state index in [1.807, 2.05) is 6.07 Å². The Balaban J connectivity index is 1.96. The summed E-state index contributed by atoms with van der Waals surface area (Å²) in [6, 6.07) is 2.31. The van der Waals surface area contributed by atoms with Crippen molar-refractivity contribution in [2.75, 3.05) is 11.9 Å². The first kappa shape index (κ1) is 11.3. The second-order valence-electron chi connectivity index (χ2n) is 4.23. The maximum Gasteiger partial charge on any atom is 0.129 e. The molecule has 1 aromatic heterocycles. The van der Waals surface area contributed by atoms with E-state index in [1.54, 1.807) is 6.33 Å². The Morgan fingerprint density at radius 3 is 3.12 bits per heavy atom. The molecule has 88 valence electrons. The Morgan fingerprint density at radius 2 is 2.44 bits per heavy atom. The molecule has 0 aliphatic carbocycles. The number of aromatic nitrogens is 2. The predicted octanol–water partition coefficient (Wildman–Crippen LogP) is 2.02. The van der Waals surface area contributed by atoms with Gasteiger partial charge >= 0.3 is 0 Å². The normalized spacial score (nSPS) is 22.0. The van der Waals surface area contributed by atoms with Crippen LogP contribution in [0.2, 0.25) is 0 Å². The van der Waals surface area contributed by atoms with Crippen molar-refractivity contribution in [1.29, 1.82) is 0 Å². The zero-order valence-electron chi connectivity index (χ0n) is 9.94. The van der Waals surface area contributed by atoms with Crippen LogP contribution in [0.15, 0.2) is 12.4 Å². The van der Waals surface area contributed by atoms with Crippen molar-refractivity contribution >= 4 is 5.82 Å². The third kappa shape index (κ3) is 2.70. The van der Waals surface area contributed by atoms with Crippen LogP contribution in [0.3, 0.4) is 0 Å². The maximum absolute atomic E-state index is 5.64. The molecule has 1 N–H and O–H groups in total. The quantitative estimate of drug-likeness (QED) is 0.845. The molecule has 1 aromatic rings. The minimum absolute atomic E-state index is 0.308. The van der Waals surface area contributed by atoms with E-state index < -0.39 is 0 Å². The SMILES string of the molecule is CCc1cc(NC(C)C2CCCO2)ncn1. The number of nitrogens with one attached hydrogen (secondary N) is 1. The van der Waals surface area contributed by atoms with E-state index in [0.717, 1.165) is 31.0 Å². The molecule has 0 saturated carbocycles. The van der Waals surface area contributed by atoms with Crippen LogP contribution in [0.1, 0.15) is 32.4 Å². The minimum Gasteiger partial charge on any atom is -0.376 e. The molecule has 0 bridgehead atoms. The molecule has 0 amide bonds. The van der Waals surface area contributed by atoms with E-state index in [1.165, 1.54) is 6.42 Å². The summed E-state index contributed by atoms with van der Waals surface area (Å²) in [5.74, 6) is 0.898. The summed E-state index contributed by atoms with van der Waals surface area (Å²) < 4.78 is 5.64. The number of anilines is 1. The summed E-state index contributed by atoms with van der Waals surface area (Å²) in [4.78, 5) is 8.40. The van der Waals surface area contributed by atoms with Gasteiger partial charge in [-0.2, -0.15) is 0 Å². The molecule has 1 fully saturated rings. The van der Waals surface area contributed by atoms with Gasteiger partial charge in [0.2, 0.25) is 0 Å². The summed E-state index contributed by atoms with van der Waals surface area (Å²) in [5.41, 5.74) is 1.07. The van der Waals surface area contributed by atoms with Crippen LogP contribution >= 0.6 is 0 Å². The molecule has 2 unspecified atom stereocenters. The van der Waals surface area contributed by atoms with Gasteiger partial charge in [-0.05, 0) is 26.2 Å². The highest BCUT2D eigenvalue weighted by atomic mass is 16.5. The first-order chi connectivity index (χ1) is 7.79. The standard InChI is InChI=1S/C12H19N3O/c1-3-10-7-12(14-8-13-10)15-9(2)11-5-4-6-16-11/h7-9,11H,3-6H2,1-2H3,(H,13,14,15). The fourth-order valence-corrected chi connectivity index (χ4v) is 1.99. The van der Waals surface area contributed by atoms with Gasteiger partial charge < -0.3 is 10.1 Å². The fraction of sp³-hybridized carbons (Fsp3) is 0.667. The summed E-state index contributed by atoms with van der Waals surface area (Å²) in [7, 11) is 0. The molecule has 4 nitrogen and oxygen atoms in total. The lowest BCUT2D eigenvalue weighted by Gasteiger charge is -2.20. The molecule has 16 heavy (non-hydrogen) atoms. The molecule has 1 aliphatic heterocycles. The van der Waals surface area contributed by atoms with E-state index in [2.05, 4.69) is 29.1 Å². The first-order valence-corrected chi connectivity index (χ1v) is 5.98. The molecule has 1 saturated heterocycles. The van der Waals surface area contributed by atoms with Gasteiger partial charge in [0, 0.05) is 18.4 Å². The Hall–Kier alpha value is -1.16. The zero-order valence-corrected chi connectivity index (χ0v) is 9.94. The smallest absolute Gasteiger partial charge is 0.129 e. The van der Waals surface area contributed by atoms with Gasteiger partial charge in [-0.25, -0.2) is 9.97 Å². The number of rotatable bonds is 4. The average Bonchev–Trinajstić information content (AvgIpc) is 2.83. The van der Waals surface area contributed by atoms with Crippen molar-refractivity contribution in [3.8, 4) is 0 Å².